The normalized spacial score (nSPS) is 17.5. The van der Waals surface area contributed by atoms with Gasteiger partial charge in [0.2, 0.25) is 6.08 Å². The van der Waals surface area contributed by atoms with E-state index in [1.807, 2.05) is 12.1 Å². The van der Waals surface area contributed by atoms with E-state index in [-0.39, 0.29) is 5.76 Å². The third kappa shape index (κ3) is 1.74. The fraction of sp³-hybridized carbons (Fsp3) is 0.429. The Morgan fingerprint density at radius 3 is 2.79 bits per heavy atom. The highest BCUT2D eigenvalue weighted by atomic mass is 16.4. The number of nitrogens with zero attached hydrogens (tertiary/aromatic N) is 2. The first kappa shape index (κ1) is 11.9. The lowest BCUT2D eigenvalue weighted by molar-refractivity contribution is 0.456. The van der Waals surface area contributed by atoms with Gasteiger partial charge >= 0.3 is 5.76 Å². The highest BCUT2D eigenvalue weighted by Crippen LogP contribution is 2.42. The molecule has 1 fully saturated rings. The molecule has 1 heterocycles. The predicted molar refractivity (Wildman–Crippen MR) is 69.7 cm³/mol. The molecular weight excluding hydrogens is 244 g/mol. The van der Waals surface area contributed by atoms with E-state index in [2.05, 4.69) is 4.99 Å². The van der Waals surface area contributed by atoms with Gasteiger partial charge in [-0.05, 0) is 30.5 Å². The van der Waals surface area contributed by atoms with Crippen LogP contribution in [0.3, 0.4) is 0 Å². The lowest BCUT2D eigenvalue weighted by Crippen LogP contribution is -2.19. The maximum Gasteiger partial charge on any atom is 0.419 e. The van der Waals surface area contributed by atoms with E-state index in [9.17, 15) is 9.59 Å². The summed E-state index contributed by atoms with van der Waals surface area (Å²) in [4.78, 5) is 26.2. The minimum Gasteiger partial charge on any atom is -0.408 e. The topological polar surface area (TPSA) is 64.6 Å². The molecule has 0 atom stereocenters. The van der Waals surface area contributed by atoms with Crippen LogP contribution in [-0.4, -0.2) is 10.6 Å². The van der Waals surface area contributed by atoms with Gasteiger partial charge < -0.3 is 4.42 Å². The lowest BCUT2D eigenvalue weighted by atomic mass is 9.89. The Morgan fingerprint density at radius 1 is 1.37 bits per heavy atom. The van der Waals surface area contributed by atoms with E-state index in [4.69, 9.17) is 4.42 Å². The van der Waals surface area contributed by atoms with Gasteiger partial charge in [0.1, 0.15) is 0 Å². The first-order valence-corrected chi connectivity index (χ1v) is 6.35. The molecule has 19 heavy (non-hydrogen) atoms. The summed E-state index contributed by atoms with van der Waals surface area (Å²) in [5.74, 6) is -0.383. The smallest absolute Gasteiger partial charge is 0.408 e. The molecule has 3 rings (SSSR count). The van der Waals surface area contributed by atoms with Crippen LogP contribution in [0.2, 0.25) is 0 Å². The second-order valence-corrected chi connectivity index (χ2v) is 5.05. The number of oxazole rings is 1. The zero-order valence-electron chi connectivity index (χ0n) is 10.7. The van der Waals surface area contributed by atoms with E-state index in [1.165, 1.54) is 4.57 Å². The fourth-order valence-electron chi connectivity index (χ4n) is 2.93. The van der Waals surface area contributed by atoms with Gasteiger partial charge in [-0.1, -0.05) is 18.9 Å². The zero-order chi connectivity index (χ0) is 13.5. The number of fused-ring (bicyclic) bond motifs is 1. The van der Waals surface area contributed by atoms with Crippen LogP contribution in [0.1, 0.15) is 31.2 Å². The van der Waals surface area contributed by atoms with Gasteiger partial charge in [-0.25, -0.2) is 9.59 Å². The minimum absolute atomic E-state index is 0.383. The summed E-state index contributed by atoms with van der Waals surface area (Å²) in [7, 11) is 1.67. The quantitative estimate of drug-likeness (QED) is 0.613. The summed E-state index contributed by atoms with van der Waals surface area (Å²) in [5, 5.41) is 0. The molecule has 1 aromatic carbocycles. The number of benzene rings is 1. The number of hydrogen-bond acceptors (Lipinski definition) is 4. The lowest BCUT2D eigenvalue weighted by Gasteiger charge is -2.22. The number of isocyanates is 1. The van der Waals surface area contributed by atoms with E-state index in [1.54, 1.807) is 19.2 Å². The van der Waals surface area contributed by atoms with E-state index in [0.29, 0.717) is 5.58 Å². The van der Waals surface area contributed by atoms with Crippen LogP contribution in [0.5, 0.6) is 0 Å². The Balaban J connectivity index is 2.22. The summed E-state index contributed by atoms with van der Waals surface area (Å²) in [6, 6.07) is 5.55. The molecule has 5 heteroatoms. The Hall–Kier alpha value is -2.13. The molecule has 0 N–H and O–H groups in total. The maximum atomic E-state index is 11.5. The van der Waals surface area contributed by atoms with Crippen molar-refractivity contribution in [1.82, 2.24) is 4.57 Å². The highest BCUT2D eigenvalue weighted by molar-refractivity contribution is 5.74. The van der Waals surface area contributed by atoms with E-state index >= 15 is 0 Å². The largest absolute Gasteiger partial charge is 0.419 e. The van der Waals surface area contributed by atoms with Gasteiger partial charge in [-0.3, -0.25) is 4.57 Å². The number of aromatic nitrogens is 1. The molecule has 0 bridgehead atoms. The molecule has 1 aromatic heterocycles. The van der Waals surface area contributed by atoms with E-state index in [0.717, 1.165) is 36.8 Å². The first-order valence-electron chi connectivity index (χ1n) is 6.35. The second kappa shape index (κ2) is 4.21. The third-order valence-corrected chi connectivity index (χ3v) is 4.02. The molecule has 98 valence electrons. The summed E-state index contributed by atoms with van der Waals surface area (Å²) >= 11 is 0. The van der Waals surface area contributed by atoms with Crippen molar-refractivity contribution in [3.63, 3.8) is 0 Å². The zero-order valence-corrected chi connectivity index (χ0v) is 10.7. The van der Waals surface area contributed by atoms with Gasteiger partial charge in [-0.15, -0.1) is 0 Å². The van der Waals surface area contributed by atoms with Crippen molar-refractivity contribution in [3.05, 3.63) is 34.3 Å². The predicted octanol–water partition coefficient (Wildman–Crippen LogP) is 2.24. The summed E-state index contributed by atoms with van der Waals surface area (Å²) < 4.78 is 6.57. The average Bonchev–Trinajstić information content (AvgIpc) is 2.98. The van der Waals surface area contributed by atoms with Crippen molar-refractivity contribution < 1.29 is 9.21 Å². The van der Waals surface area contributed by atoms with Crippen LogP contribution in [0.25, 0.3) is 11.1 Å². The van der Waals surface area contributed by atoms with Crippen LogP contribution < -0.4 is 5.76 Å². The molecule has 0 spiro atoms. The molecule has 1 saturated carbocycles. The summed E-state index contributed by atoms with van der Waals surface area (Å²) in [6.07, 6.45) is 5.49. The molecule has 0 radical (unpaired) electrons. The number of carbonyl (C=O) groups excluding carboxylic acids is 1. The van der Waals surface area contributed by atoms with Crippen LogP contribution >= 0.6 is 0 Å². The molecule has 0 saturated heterocycles. The third-order valence-electron chi connectivity index (χ3n) is 4.02. The van der Waals surface area contributed by atoms with Crippen molar-refractivity contribution in [3.8, 4) is 0 Å². The van der Waals surface area contributed by atoms with Crippen molar-refractivity contribution in [1.29, 1.82) is 0 Å². The highest BCUT2D eigenvalue weighted by Gasteiger charge is 2.36. The number of rotatable bonds is 2. The maximum absolute atomic E-state index is 11.5. The Labute approximate surface area is 109 Å². The average molecular weight is 258 g/mol. The monoisotopic (exact) mass is 258 g/mol. The van der Waals surface area contributed by atoms with Gasteiger partial charge in [0.15, 0.2) is 5.58 Å². The van der Waals surface area contributed by atoms with Crippen molar-refractivity contribution in [2.45, 2.75) is 31.2 Å². The molecule has 1 aliphatic carbocycles. The molecule has 5 nitrogen and oxygen atoms in total. The number of hydrogen-bond donors (Lipinski definition) is 0. The second-order valence-electron chi connectivity index (χ2n) is 5.05. The Morgan fingerprint density at radius 2 is 2.11 bits per heavy atom. The van der Waals surface area contributed by atoms with E-state index < -0.39 is 5.54 Å². The summed E-state index contributed by atoms with van der Waals surface area (Å²) in [5.41, 5.74) is 1.77. The van der Waals surface area contributed by atoms with Crippen molar-refractivity contribution >= 4 is 17.2 Å². The van der Waals surface area contributed by atoms with Gasteiger partial charge in [-0.2, -0.15) is 4.99 Å². The first-order chi connectivity index (χ1) is 9.16. The molecule has 2 aromatic rings. The van der Waals surface area contributed by atoms with Gasteiger partial charge in [0.05, 0.1) is 11.1 Å². The van der Waals surface area contributed by atoms with Gasteiger partial charge in [0, 0.05) is 7.05 Å². The standard InChI is InChI=1S/C14H14N2O3/c1-16-11-8-10(4-5-12(11)19-13(16)18)14(15-9-17)6-2-3-7-14/h4-5,8H,2-3,6-7H2,1H3. The molecular formula is C14H14N2O3. The van der Waals surface area contributed by atoms with Crippen LogP contribution in [-0.2, 0) is 17.4 Å². The van der Waals surface area contributed by atoms with Crippen LogP contribution in [0.4, 0.5) is 0 Å². The number of aryl methyl sites for hydroxylation is 1. The Kier molecular flexibility index (Phi) is 2.64. The van der Waals surface area contributed by atoms with Crippen molar-refractivity contribution in [2.75, 3.05) is 0 Å². The minimum atomic E-state index is -0.469. The molecule has 0 aliphatic heterocycles. The number of aliphatic imine (C=N–C) groups is 1. The Bertz CT molecular complexity index is 729. The summed E-state index contributed by atoms with van der Waals surface area (Å²) in [6.45, 7) is 0. The van der Waals surface area contributed by atoms with Crippen molar-refractivity contribution in [2.24, 2.45) is 12.0 Å². The van der Waals surface area contributed by atoms with Gasteiger partial charge in [0.25, 0.3) is 0 Å². The van der Waals surface area contributed by atoms with Crippen LogP contribution in [0, 0.1) is 0 Å². The molecule has 1 aliphatic rings. The molecule has 0 unspecified atom stereocenters. The fourth-order valence-corrected chi connectivity index (χ4v) is 2.93. The SMILES string of the molecule is Cn1c(=O)oc2ccc(C3(N=C=O)CCCC3)cc21. The van der Waals surface area contributed by atoms with Crippen LogP contribution in [0.15, 0.2) is 32.4 Å². The molecule has 0 amide bonds.